The molecule has 2 aliphatic rings. The van der Waals surface area contributed by atoms with Gasteiger partial charge in [0.25, 0.3) is 0 Å². The Morgan fingerprint density at radius 1 is 0.295 bits per heavy atom. The van der Waals surface area contributed by atoms with Gasteiger partial charge in [0.05, 0.1) is 34.1 Å². The van der Waals surface area contributed by atoms with Crippen LogP contribution in [0.4, 0.5) is 71.9 Å². The number of halogens is 3. The Morgan fingerprint density at radius 3 is 1.18 bits per heavy atom. The van der Waals surface area contributed by atoms with Gasteiger partial charge in [-0.15, -0.1) is 0 Å². The van der Waals surface area contributed by atoms with Gasteiger partial charge in [0.2, 0.25) is 11.9 Å². The van der Waals surface area contributed by atoms with Gasteiger partial charge in [-0.05, 0) is 179 Å². The van der Waals surface area contributed by atoms with Gasteiger partial charge in [-0.2, -0.15) is 0 Å². The average molecular weight is 1430 g/mol. The second-order valence-corrected chi connectivity index (χ2v) is 28.6. The highest BCUT2D eigenvalue weighted by Crippen LogP contribution is 2.57. The molecule has 105 heavy (non-hydrogen) atoms. The zero-order valence-electron chi connectivity index (χ0n) is 57.9. The van der Waals surface area contributed by atoms with E-state index in [2.05, 4.69) is 278 Å². The van der Waals surface area contributed by atoms with Crippen LogP contribution in [0.2, 0.25) is 0 Å². The van der Waals surface area contributed by atoms with Crippen molar-refractivity contribution in [1.29, 1.82) is 0 Å². The molecule has 0 atom stereocenters. The van der Waals surface area contributed by atoms with E-state index in [-0.39, 0.29) is 22.5 Å². The highest BCUT2D eigenvalue weighted by molar-refractivity contribution is 9.10. The van der Waals surface area contributed by atoms with Crippen LogP contribution in [0.3, 0.4) is 0 Å². The third kappa shape index (κ3) is 10.8. The van der Waals surface area contributed by atoms with Gasteiger partial charge in [-0.1, -0.05) is 250 Å². The molecule has 0 fully saturated rings. The normalized spacial score (nSPS) is 12.9. The topological polar surface area (TPSA) is 73.3 Å². The van der Waals surface area contributed by atoms with Gasteiger partial charge < -0.3 is 10.2 Å². The summed E-state index contributed by atoms with van der Waals surface area (Å²) in [6.07, 6.45) is 7.12. The first kappa shape index (κ1) is 64.4. The van der Waals surface area contributed by atoms with E-state index in [9.17, 15) is 4.39 Å². The summed E-state index contributed by atoms with van der Waals surface area (Å²) in [6.45, 7) is 9.04. The molecular formula is C94H67BrF2N8. The monoisotopic (exact) mass is 1420 g/mol. The van der Waals surface area contributed by atoms with Gasteiger partial charge >= 0.3 is 0 Å². The Morgan fingerprint density at radius 2 is 0.667 bits per heavy atom. The van der Waals surface area contributed by atoms with Gasteiger partial charge in [0.1, 0.15) is 11.6 Å². The van der Waals surface area contributed by atoms with Crippen molar-refractivity contribution in [2.45, 2.75) is 38.5 Å². The fourth-order valence-corrected chi connectivity index (χ4v) is 16.8. The summed E-state index contributed by atoms with van der Waals surface area (Å²) in [5, 5.41) is 17.3. The molecule has 0 bridgehead atoms. The maximum atomic E-state index is 16.2. The second kappa shape index (κ2) is 26.0. The van der Waals surface area contributed by atoms with E-state index in [4.69, 9.17) is 0 Å². The molecule has 11 heteroatoms. The number of fused-ring (bicyclic) bond motifs is 6. The lowest BCUT2D eigenvalue weighted by Gasteiger charge is -2.30. The summed E-state index contributed by atoms with van der Waals surface area (Å²) in [6, 6.07) is 103. The molecule has 0 saturated carbocycles. The summed E-state index contributed by atoms with van der Waals surface area (Å²) in [7, 11) is 0. The molecule has 0 spiro atoms. The summed E-state index contributed by atoms with van der Waals surface area (Å²) >= 11 is 3.73. The predicted molar refractivity (Wildman–Crippen MR) is 434 cm³/mol. The van der Waals surface area contributed by atoms with E-state index < -0.39 is 0 Å². The fraction of sp³-hybridized carbons (Fsp3) is 0.0638. The van der Waals surface area contributed by atoms with Crippen LogP contribution in [-0.2, 0) is 10.8 Å². The summed E-state index contributed by atoms with van der Waals surface area (Å²) < 4.78 is 31.3. The number of benzene rings is 16. The fourth-order valence-electron chi connectivity index (χ4n) is 16.3. The van der Waals surface area contributed by atoms with E-state index in [1.807, 2.05) is 78.9 Å². The van der Waals surface area contributed by atoms with E-state index >= 15 is 4.39 Å². The summed E-state index contributed by atoms with van der Waals surface area (Å²) in [4.78, 5) is 24.9. The Labute approximate surface area is 615 Å². The Hall–Kier alpha value is -12.7. The lowest BCUT2D eigenvalue weighted by atomic mass is 9.82. The molecule has 8 nitrogen and oxygen atoms in total. The molecule has 0 unspecified atom stereocenters. The lowest BCUT2D eigenvalue weighted by Crippen LogP contribution is -2.16. The van der Waals surface area contributed by atoms with Crippen LogP contribution in [0, 0.1) is 11.6 Å². The predicted octanol–water partition coefficient (Wildman–Crippen LogP) is 26.2. The van der Waals surface area contributed by atoms with E-state index in [1.165, 1.54) is 77.3 Å². The second-order valence-electron chi connectivity index (χ2n) is 27.7. The molecule has 16 aromatic carbocycles. The first-order chi connectivity index (χ1) is 51.4. The van der Waals surface area contributed by atoms with Crippen molar-refractivity contribution in [1.82, 2.24) is 19.9 Å². The van der Waals surface area contributed by atoms with Crippen LogP contribution >= 0.6 is 15.9 Å². The smallest absolute Gasteiger partial charge is 0.234 e. The maximum Gasteiger partial charge on any atom is 0.234 e. The van der Waals surface area contributed by atoms with E-state index in [1.54, 1.807) is 49.1 Å². The Bertz CT molecular complexity index is 6260. The van der Waals surface area contributed by atoms with Crippen molar-refractivity contribution in [2.24, 2.45) is 0 Å². The first-order valence-corrected chi connectivity index (χ1v) is 36.0. The highest BCUT2D eigenvalue weighted by atomic mass is 79.9. The van der Waals surface area contributed by atoms with Crippen molar-refractivity contribution in [3.63, 3.8) is 0 Å². The zero-order chi connectivity index (χ0) is 71.1. The number of anilines is 11. The van der Waals surface area contributed by atoms with Crippen LogP contribution in [-0.4, -0.2) is 19.9 Å². The number of aromatic nitrogens is 4. The number of nitrogens with zero attached hydrogens (tertiary/aromatic N) is 7. The van der Waals surface area contributed by atoms with Gasteiger partial charge in [0, 0.05) is 84.4 Å². The summed E-state index contributed by atoms with van der Waals surface area (Å²) in [5.41, 5.74) is 17.5. The van der Waals surface area contributed by atoms with Crippen LogP contribution in [0.25, 0.3) is 86.9 Å². The van der Waals surface area contributed by atoms with Gasteiger partial charge in [0.15, 0.2) is 0 Å². The lowest BCUT2D eigenvalue weighted by molar-refractivity contribution is 0.629. The molecule has 20 rings (SSSR count). The minimum absolute atomic E-state index is 0.0428. The largest absolute Gasteiger partial charge is 0.353 e. The van der Waals surface area contributed by atoms with Crippen molar-refractivity contribution < 1.29 is 8.78 Å². The average Bonchev–Trinajstić information content (AvgIpc) is 1.46. The molecule has 2 heterocycles. The van der Waals surface area contributed by atoms with Gasteiger partial charge in [-0.3, -0.25) is 9.80 Å². The van der Waals surface area contributed by atoms with Crippen molar-refractivity contribution >= 4 is 144 Å². The molecule has 2 aliphatic carbocycles. The Kier molecular flexibility index (Phi) is 15.9. The minimum atomic E-state index is -0.278. The van der Waals surface area contributed by atoms with E-state index in [0.29, 0.717) is 23.3 Å². The van der Waals surface area contributed by atoms with Crippen LogP contribution < -0.4 is 20.0 Å². The molecule has 1 N–H and O–H groups in total. The van der Waals surface area contributed by atoms with Crippen molar-refractivity contribution in [2.75, 3.05) is 20.0 Å². The number of hydrogen-bond donors (Lipinski definition) is 1. The minimum Gasteiger partial charge on any atom is -0.353 e. The molecule has 0 aliphatic heterocycles. The van der Waals surface area contributed by atoms with Crippen LogP contribution in [0.1, 0.15) is 49.9 Å². The van der Waals surface area contributed by atoms with Crippen molar-refractivity contribution in [3.05, 3.63) is 366 Å². The number of nitrogens with one attached hydrogen (secondary N) is 1. The van der Waals surface area contributed by atoms with Crippen LogP contribution in [0.5, 0.6) is 0 Å². The molecule has 0 saturated heterocycles. The first-order valence-electron chi connectivity index (χ1n) is 35.2. The van der Waals surface area contributed by atoms with Crippen molar-refractivity contribution in [3.8, 4) is 22.3 Å². The molecule has 504 valence electrons. The number of hydrogen-bond acceptors (Lipinski definition) is 8. The highest BCUT2D eigenvalue weighted by Gasteiger charge is 2.39. The van der Waals surface area contributed by atoms with E-state index in [0.717, 1.165) is 82.2 Å². The molecular weight excluding hydrogens is 1360 g/mol. The zero-order valence-corrected chi connectivity index (χ0v) is 59.5. The number of para-hydroxylation sites is 4. The Balaban J connectivity index is 0.000000124. The standard InChI is InChI=1S/C47H33FN4.C26H16BrN3.C21H18FN/c1-47(2)36-15-7-6-14-33(36)45-37(47)16-10-19-42(45)52(41-18-9-8-17-38(41)48)40-27-23-31-20-24-34-39(26-22-30-21-25-35(40)44(31)43(30)34)51(32-12-4-3-5-13-32)46-49-28-11-29-50-46;27-22-13-9-17-8-12-21-23(14-10-18-7-11-20(22)24(17)25(18)21)30(19-5-2-1-3-6-19)26-28-15-4-16-29-26;1-21(2)15-9-4-3-8-14(15)20-16(21)10-7-13-19(20)23-18-12-6-5-11-17(18)22/h3-29H,1-2H3;1-16H;3-13,23H,1-2H3. The SMILES string of the molecule is Brc1ccc2ccc3c(N(c4ccccc4)c4ncccn4)ccc4ccc1c2c43.CC1(C)c2ccccc2-c2c(N(c3ccccc3F)c3ccc4ccc5c(N(c6ccccc6)c6ncccn6)ccc6ccc3c4c65)cccc21.CC1(C)c2ccccc2-c2c(Nc3ccccc3F)cccc21. The summed E-state index contributed by atoms with van der Waals surface area (Å²) in [5.74, 6) is 0.729. The molecule has 2 aromatic heterocycles. The van der Waals surface area contributed by atoms with Gasteiger partial charge in [-0.25, -0.2) is 28.7 Å². The third-order valence-electron chi connectivity index (χ3n) is 21.1. The third-order valence-corrected chi connectivity index (χ3v) is 21.8. The molecule has 0 radical (unpaired) electrons. The molecule has 0 amide bonds. The van der Waals surface area contributed by atoms with Crippen LogP contribution in [0.15, 0.2) is 333 Å². The number of rotatable bonds is 11. The molecule has 18 aromatic rings. The maximum absolute atomic E-state index is 16.2. The quantitative estimate of drug-likeness (QED) is 0.128.